The lowest BCUT2D eigenvalue weighted by Crippen LogP contribution is -2.40. The monoisotopic (exact) mass is 502 g/mol. The van der Waals surface area contributed by atoms with Crippen LogP contribution in [0.15, 0.2) is 55.0 Å². The SMILES string of the molecule is CCc1cc(Nc2nccn3c(-c4ccc(OC)c(F)c4)cnc23)ccc1C(=O)N1CCC(CN)CC1. The predicted molar refractivity (Wildman–Crippen MR) is 142 cm³/mol. The van der Waals surface area contributed by atoms with Crippen molar-refractivity contribution in [2.24, 2.45) is 11.7 Å². The molecule has 9 heteroatoms. The minimum Gasteiger partial charge on any atom is -0.494 e. The highest BCUT2D eigenvalue weighted by Crippen LogP contribution is 2.29. The van der Waals surface area contributed by atoms with E-state index in [1.54, 1.807) is 30.7 Å². The van der Waals surface area contributed by atoms with Crippen LogP contribution in [0.25, 0.3) is 16.9 Å². The smallest absolute Gasteiger partial charge is 0.254 e. The van der Waals surface area contributed by atoms with Gasteiger partial charge in [-0.25, -0.2) is 14.4 Å². The number of hydrogen-bond donors (Lipinski definition) is 2. The Kier molecular flexibility index (Phi) is 7.05. The molecule has 37 heavy (non-hydrogen) atoms. The highest BCUT2D eigenvalue weighted by molar-refractivity contribution is 5.96. The largest absolute Gasteiger partial charge is 0.494 e. The van der Waals surface area contributed by atoms with E-state index in [1.165, 1.54) is 13.2 Å². The van der Waals surface area contributed by atoms with Crippen LogP contribution in [0, 0.1) is 11.7 Å². The van der Waals surface area contributed by atoms with Gasteiger partial charge in [-0.15, -0.1) is 0 Å². The Labute approximate surface area is 215 Å². The van der Waals surface area contributed by atoms with Gasteiger partial charge in [0, 0.05) is 42.3 Å². The molecule has 0 saturated carbocycles. The Bertz CT molecular complexity index is 1430. The van der Waals surface area contributed by atoms with Crippen LogP contribution in [0.3, 0.4) is 0 Å². The molecule has 0 atom stereocenters. The number of imidazole rings is 1. The lowest BCUT2D eigenvalue weighted by atomic mass is 9.95. The first kappa shape index (κ1) is 24.7. The van der Waals surface area contributed by atoms with E-state index in [1.807, 2.05) is 34.4 Å². The fourth-order valence-corrected chi connectivity index (χ4v) is 4.90. The Balaban J connectivity index is 1.39. The third-order valence-electron chi connectivity index (χ3n) is 7.09. The number of nitrogens with one attached hydrogen (secondary N) is 1. The maximum absolute atomic E-state index is 14.3. The molecule has 3 heterocycles. The molecule has 0 spiro atoms. The van der Waals surface area contributed by atoms with Crippen molar-refractivity contribution in [1.82, 2.24) is 19.3 Å². The number of nitrogens with zero attached hydrogens (tertiary/aromatic N) is 4. The van der Waals surface area contributed by atoms with Gasteiger partial charge in [-0.3, -0.25) is 9.20 Å². The fraction of sp³-hybridized carbons (Fsp3) is 0.321. The number of carbonyl (C=O) groups excluding carboxylic acids is 1. The molecule has 0 aliphatic carbocycles. The lowest BCUT2D eigenvalue weighted by Gasteiger charge is -2.32. The number of aryl methyl sites for hydroxylation is 1. The third-order valence-corrected chi connectivity index (χ3v) is 7.09. The van der Waals surface area contributed by atoms with E-state index >= 15 is 0 Å². The summed E-state index contributed by atoms with van der Waals surface area (Å²) in [6.45, 7) is 4.22. The number of rotatable bonds is 7. The van der Waals surface area contributed by atoms with Crippen LogP contribution >= 0.6 is 0 Å². The second kappa shape index (κ2) is 10.6. The molecule has 1 aliphatic heterocycles. The second-order valence-corrected chi connectivity index (χ2v) is 9.28. The highest BCUT2D eigenvalue weighted by atomic mass is 19.1. The number of anilines is 2. The van der Waals surface area contributed by atoms with Gasteiger partial charge in [0.2, 0.25) is 0 Å². The number of halogens is 1. The molecule has 0 radical (unpaired) electrons. The summed E-state index contributed by atoms with van der Waals surface area (Å²) < 4.78 is 21.2. The van der Waals surface area contributed by atoms with Crippen LogP contribution < -0.4 is 15.8 Å². The molecule has 0 unspecified atom stereocenters. The molecule has 3 N–H and O–H groups in total. The quantitative estimate of drug-likeness (QED) is 0.382. The van der Waals surface area contributed by atoms with Gasteiger partial charge in [-0.1, -0.05) is 6.92 Å². The number of carbonyl (C=O) groups is 1. The maximum Gasteiger partial charge on any atom is 0.254 e. The summed E-state index contributed by atoms with van der Waals surface area (Å²) in [6, 6.07) is 10.6. The molecule has 8 nitrogen and oxygen atoms in total. The predicted octanol–water partition coefficient (Wildman–Crippen LogP) is 4.66. The number of hydrogen-bond acceptors (Lipinski definition) is 6. The number of benzene rings is 2. The number of fused-ring (bicyclic) bond motifs is 1. The van der Waals surface area contributed by atoms with E-state index in [0.29, 0.717) is 29.5 Å². The average Bonchev–Trinajstić information content (AvgIpc) is 3.38. The molecule has 1 fully saturated rings. The second-order valence-electron chi connectivity index (χ2n) is 9.28. The van der Waals surface area contributed by atoms with Crippen molar-refractivity contribution >= 4 is 23.1 Å². The number of likely N-dealkylation sites (tertiary alicyclic amines) is 1. The van der Waals surface area contributed by atoms with Gasteiger partial charge >= 0.3 is 0 Å². The van der Waals surface area contributed by atoms with Crippen molar-refractivity contribution in [2.45, 2.75) is 26.2 Å². The first-order chi connectivity index (χ1) is 18.0. The zero-order valence-electron chi connectivity index (χ0n) is 21.1. The Hall–Kier alpha value is -3.98. The van der Waals surface area contributed by atoms with Gasteiger partial charge in [0.1, 0.15) is 0 Å². The van der Waals surface area contributed by atoms with Crippen molar-refractivity contribution in [2.75, 3.05) is 32.1 Å². The van der Waals surface area contributed by atoms with Crippen molar-refractivity contribution in [1.29, 1.82) is 0 Å². The van der Waals surface area contributed by atoms with E-state index in [2.05, 4.69) is 15.3 Å². The molecular formula is C28H31FN6O2. The molecule has 0 bridgehead atoms. The standard InChI is InChI=1S/C28H31FN6O2/c1-3-19-14-21(5-6-22(19)28(36)34-11-8-18(16-30)9-12-34)33-26-27-32-17-24(35(27)13-10-31-26)20-4-7-25(37-2)23(29)15-20/h4-7,10,13-15,17-18H,3,8-9,11-12,16,30H2,1-2H3,(H,31,33). The Morgan fingerprint density at radius 3 is 2.70 bits per heavy atom. The number of piperidine rings is 1. The minimum atomic E-state index is -0.437. The summed E-state index contributed by atoms with van der Waals surface area (Å²) in [4.78, 5) is 24.2. The van der Waals surface area contributed by atoms with Crippen LogP contribution in [-0.4, -0.2) is 51.9 Å². The molecule has 2 aromatic heterocycles. The third kappa shape index (κ3) is 4.86. The highest BCUT2D eigenvalue weighted by Gasteiger charge is 2.24. The summed E-state index contributed by atoms with van der Waals surface area (Å²) in [7, 11) is 1.44. The van der Waals surface area contributed by atoms with Crippen molar-refractivity contribution < 1.29 is 13.9 Å². The van der Waals surface area contributed by atoms with Gasteiger partial charge in [0.25, 0.3) is 5.91 Å². The van der Waals surface area contributed by atoms with E-state index in [0.717, 1.165) is 54.9 Å². The number of amides is 1. The van der Waals surface area contributed by atoms with Crippen LogP contribution in [0.5, 0.6) is 5.75 Å². The fourth-order valence-electron chi connectivity index (χ4n) is 4.90. The normalized spacial score (nSPS) is 14.2. The topological polar surface area (TPSA) is 97.8 Å². The Morgan fingerprint density at radius 1 is 1.19 bits per heavy atom. The van der Waals surface area contributed by atoms with Crippen LogP contribution in [0.1, 0.15) is 35.7 Å². The number of nitrogens with two attached hydrogens (primary N) is 1. The zero-order chi connectivity index (χ0) is 25.9. The molecular weight excluding hydrogens is 471 g/mol. The summed E-state index contributed by atoms with van der Waals surface area (Å²) in [5.41, 5.74) is 10.3. The number of methoxy groups -OCH3 is 1. The van der Waals surface area contributed by atoms with Crippen molar-refractivity contribution in [3.8, 4) is 17.0 Å². The van der Waals surface area contributed by atoms with E-state index < -0.39 is 5.82 Å². The van der Waals surface area contributed by atoms with E-state index in [9.17, 15) is 9.18 Å². The van der Waals surface area contributed by atoms with Gasteiger partial charge < -0.3 is 20.7 Å². The summed E-state index contributed by atoms with van der Waals surface area (Å²) in [5, 5.41) is 3.35. The maximum atomic E-state index is 14.3. The van der Waals surface area contributed by atoms with Gasteiger partial charge in [-0.05, 0) is 73.7 Å². The van der Waals surface area contributed by atoms with E-state index in [-0.39, 0.29) is 11.7 Å². The molecule has 192 valence electrons. The molecule has 2 aromatic carbocycles. The summed E-state index contributed by atoms with van der Waals surface area (Å²) in [6.07, 6.45) is 7.78. The minimum absolute atomic E-state index is 0.0729. The van der Waals surface area contributed by atoms with Crippen molar-refractivity contribution in [3.63, 3.8) is 0 Å². The number of aromatic nitrogens is 3. The molecule has 1 aliphatic rings. The Morgan fingerprint density at radius 2 is 2.00 bits per heavy atom. The van der Waals surface area contributed by atoms with Gasteiger partial charge in [0.15, 0.2) is 23.0 Å². The van der Waals surface area contributed by atoms with Crippen molar-refractivity contribution in [3.05, 3.63) is 71.9 Å². The summed E-state index contributed by atoms with van der Waals surface area (Å²) in [5.74, 6) is 0.892. The lowest BCUT2D eigenvalue weighted by molar-refractivity contribution is 0.0692. The van der Waals surface area contributed by atoms with Crippen LogP contribution in [0.4, 0.5) is 15.9 Å². The average molecular weight is 503 g/mol. The molecule has 4 aromatic rings. The van der Waals surface area contributed by atoms with Gasteiger partial charge in [0.05, 0.1) is 19.0 Å². The zero-order valence-corrected chi connectivity index (χ0v) is 21.1. The number of ether oxygens (including phenoxy) is 1. The first-order valence-corrected chi connectivity index (χ1v) is 12.6. The van der Waals surface area contributed by atoms with Crippen LogP contribution in [0.2, 0.25) is 0 Å². The molecule has 5 rings (SSSR count). The summed E-state index contributed by atoms with van der Waals surface area (Å²) >= 11 is 0. The van der Waals surface area contributed by atoms with Crippen LogP contribution in [-0.2, 0) is 6.42 Å². The first-order valence-electron chi connectivity index (χ1n) is 12.6. The van der Waals surface area contributed by atoms with Gasteiger partial charge in [-0.2, -0.15) is 0 Å². The van der Waals surface area contributed by atoms with E-state index in [4.69, 9.17) is 10.5 Å². The molecule has 1 saturated heterocycles. The molecule has 1 amide bonds.